The number of ether oxygens (including phenoxy) is 1. The standard InChI is InChI=1S/C25H18F3N3O2/c1-33-19-14-12-18(13-15-19)24(25(26,27)28)30-23(32)22-29-20(16-8-4-2-5-9-16)21(31(22)24)17-10-6-3-7-11-17/h2-15H,1H3,(H,30,32). The fraction of sp³-hybridized carbons (Fsp3) is 0.120. The van der Waals surface area contributed by atoms with Crippen molar-refractivity contribution in [2.75, 3.05) is 7.11 Å². The van der Waals surface area contributed by atoms with Crippen molar-refractivity contribution in [2.45, 2.75) is 11.8 Å². The van der Waals surface area contributed by atoms with Gasteiger partial charge in [0.05, 0.1) is 18.5 Å². The van der Waals surface area contributed by atoms with Gasteiger partial charge in [0, 0.05) is 16.7 Å². The summed E-state index contributed by atoms with van der Waals surface area (Å²) in [4.78, 5) is 17.3. The molecule has 0 spiro atoms. The molecule has 3 aromatic carbocycles. The first-order valence-electron chi connectivity index (χ1n) is 10.1. The third-order valence-corrected chi connectivity index (χ3v) is 5.72. The first kappa shape index (κ1) is 20.8. The summed E-state index contributed by atoms with van der Waals surface area (Å²) < 4.78 is 50.9. The minimum atomic E-state index is -4.87. The molecule has 1 aromatic heterocycles. The van der Waals surface area contributed by atoms with Crippen molar-refractivity contribution in [1.29, 1.82) is 0 Å². The largest absolute Gasteiger partial charge is 0.497 e. The fourth-order valence-corrected chi connectivity index (χ4v) is 4.23. The molecule has 1 aliphatic heterocycles. The van der Waals surface area contributed by atoms with E-state index in [0.717, 1.165) is 4.57 Å². The minimum absolute atomic E-state index is 0.155. The summed E-state index contributed by atoms with van der Waals surface area (Å²) in [5.74, 6) is -0.803. The molecule has 4 aromatic rings. The molecular formula is C25H18F3N3O2. The number of nitrogens with zero attached hydrogens (tertiary/aromatic N) is 2. The lowest BCUT2D eigenvalue weighted by Crippen LogP contribution is -2.56. The molecule has 33 heavy (non-hydrogen) atoms. The van der Waals surface area contributed by atoms with E-state index in [2.05, 4.69) is 10.3 Å². The molecule has 5 nitrogen and oxygen atoms in total. The molecule has 0 saturated carbocycles. The van der Waals surface area contributed by atoms with E-state index in [0.29, 0.717) is 22.6 Å². The molecule has 0 radical (unpaired) electrons. The minimum Gasteiger partial charge on any atom is -0.497 e. The SMILES string of the molecule is COc1ccc(C2(C(F)(F)F)NC(=O)c3nc(-c4ccccc4)c(-c4ccccc4)n32)cc1. The molecule has 1 unspecified atom stereocenters. The average molecular weight is 449 g/mol. The van der Waals surface area contributed by atoms with Crippen molar-refractivity contribution in [3.05, 3.63) is 96.3 Å². The zero-order chi connectivity index (χ0) is 23.2. The highest BCUT2D eigenvalue weighted by Gasteiger charge is 2.64. The van der Waals surface area contributed by atoms with Crippen molar-refractivity contribution < 1.29 is 22.7 Å². The Bertz CT molecular complexity index is 1320. The number of nitrogens with one attached hydrogen (secondary N) is 1. The monoisotopic (exact) mass is 449 g/mol. The molecule has 1 atom stereocenters. The van der Waals surface area contributed by atoms with Gasteiger partial charge in [-0.2, -0.15) is 13.2 Å². The van der Waals surface area contributed by atoms with Gasteiger partial charge in [-0.1, -0.05) is 72.8 Å². The van der Waals surface area contributed by atoms with Gasteiger partial charge in [-0.25, -0.2) is 4.98 Å². The summed E-state index contributed by atoms with van der Waals surface area (Å²) in [7, 11) is 1.43. The van der Waals surface area contributed by atoms with Gasteiger partial charge in [0.15, 0.2) is 0 Å². The van der Waals surface area contributed by atoms with E-state index < -0.39 is 17.7 Å². The molecule has 8 heteroatoms. The lowest BCUT2D eigenvalue weighted by molar-refractivity contribution is -0.203. The number of hydrogen-bond donors (Lipinski definition) is 1. The highest BCUT2D eigenvalue weighted by Crippen LogP contribution is 2.49. The van der Waals surface area contributed by atoms with Gasteiger partial charge in [0.25, 0.3) is 5.91 Å². The van der Waals surface area contributed by atoms with Crippen LogP contribution in [0.5, 0.6) is 5.75 Å². The quantitative estimate of drug-likeness (QED) is 0.464. The van der Waals surface area contributed by atoms with Crippen LogP contribution in [0.3, 0.4) is 0 Å². The average Bonchev–Trinajstić information content (AvgIpc) is 3.37. The van der Waals surface area contributed by atoms with Gasteiger partial charge in [-0.05, 0) is 12.1 Å². The number of benzene rings is 3. The van der Waals surface area contributed by atoms with Crippen LogP contribution in [0, 0.1) is 0 Å². The molecular weight excluding hydrogens is 431 g/mol. The van der Waals surface area contributed by atoms with E-state index in [4.69, 9.17) is 4.74 Å². The van der Waals surface area contributed by atoms with Crippen LogP contribution in [-0.4, -0.2) is 28.7 Å². The maximum atomic E-state index is 14.9. The Kier molecular flexibility index (Phi) is 4.74. The van der Waals surface area contributed by atoms with Crippen molar-refractivity contribution >= 4 is 5.91 Å². The first-order valence-corrected chi connectivity index (χ1v) is 10.1. The Morgan fingerprint density at radius 2 is 1.45 bits per heavy atom. The molecule has 0 aliphatic carbocycles. The van der Waals surface area contributed by atoms with Crippen LogP contribution in [0.15, 0.2) is 84.9 Å². The second-order valence-corrected chi connectivity index (χ2v) is 7.59. The number of alkyl halides is 3. The highest BCUT2D eigenvalue weighted by molar-refractivity contribution is 5.98. The summed E-state index contributed by atoms with van der Waals surface area (Å²) in [5.41, 5.74) is -1.38. The van der Waals surface area contributed by atoms with Crippen LogP contribution >= 0.6 is 0 Å². The second kappa shape index (κ2) is 7.51. The smallest absolute Gasteiger partial charge is 0.435 e. The van der Waals surface area contributed by atoms with Crippen molar-refractivity contribution in [3.63, 3.8) is 0 Å². The number of amides is 1. The van der Waals surface area contributed by atoms with Crippen molar-refractivity contribution in [3.8, 4) is 28.3 Å². The predicted molar refractivity (Wildman–Crippen MR) is 117 cm³/mol. The van der Waals surface area contributed by atoms with Gasteiger partial charge in [-0.15, -0.1) is 0 Å². The number of hydrogen-bond acceptors (Lipinski definition) is 3. The summed E-state index contributed by atoms with van der Waals surface area (Å²) in [6.45, 7) is 0. The van der Waals surface area contributed by atoms with Crippen LogP contribution in [0.25, 0.3) is 22.5 Å². The molecule has 1 aliphatic rings. The van der Waals surface area contributed by atoms with E-state index >= 15 is 0 Å². The predicted octanol–water partition coefficient (Wildman–Crippen LogP) is 5.23. The summed E-state index contributed by atoms with van der Waals surface area (Å²) >= 11 is 0. The number of halogens is 3. The lowest BCUT2D eigenvalue weighted by Gasteiger charge is -2.35. The zero-order valence-electron chi connectivity index (χ0n) is 17.4. The number of carbonyl (C=O) groups is 1. The number of aromatic nitrogens is 2. The Morgan fingerprint density at radius 3 is 2.00 bits per heavy atom. The van der Waals surface area contributed by atoms with Crippen LogP contribution in [0.4, 0.5) is 13.2 Å². The molecule has 1 amide bonds. The molecule has 1 N–H and O–H groups in total. The normalized spacial score (nSPS) is 17.5. The van der Waals surface area contributed by atoms with E-state index in [1.807, 2.05) is 0 Å². The number of fused-ring (bicyclic) bond motifs is 1. The zero-order valence-corrected chi connectivity index (χ0v) is 17.4. The van der Waals surface area contributed by atoms with Gasteiger partial charge in [-0.3, -0.25) is 9.36 Å². The van der Waals surface area contributed by atoms with Gasteiger partial charge < -0.3 is 10.1 Å². The number of imidazole rings is 1. The van der Waals surface area contributed by atoms with E-state index in [-0.39, 0.29) is 17.1 Å². The third kappa shape index (κ3) is 3.09. The second-order valence-electron chi connectivity index (χ2n) is 7.59. The molecule has 5 rings (SSSR count). The number of rotatable bonds is 4. The summed E-state index contributed by atoms with van der Waals surface area (Å²) in [6.07, 6.45) is -4.87. The topological polar surface area (TPSA) is 56.1 Å². The number of carbonyl (C=O) groups excluding carboxylic acids is 1. The van der Waals surface area contributed by atoms with Crippen LogP contribution < -0.4 is 10.1 Å². The van der Waals surface area contributed by atoms with E-state index in [1.165, 1.54) is 31.4 Å². The third-order valence-electron chi connectivity index (χ3n) is 5.72. The Morgan fingerprint density at radius 1 is 0.879 bits per heavy atom. The Balaban J connectivity index is 1.88. The number of methoxy groups -OCH3 is 1. The summed E-state index contributed by atoms with van der Waals surface area (Å²) in [6, 6.07) is 23.0. The highest BCUT2D eigenvalue weighted by atomic mass is 19.4. The summed E-state index contributed by atoms with van der Waals surface area (Å²) in [5, 5.41) is 2.19. The van der Waals surface area contributed by atoms with Crippen LogP contribution in [-0.2, 0) is 5.66 Å². The maximum absolute atomic E-state index is 14.9. The Labute approximate surface area is 187 Å². The van der Waals surface area contributed by atoms with Gasteiger partial charge >= 0.3 is 6.18 Å². The molecule has 0 fully saturated rings. The van der Waals surface area contributed by atoms with E-state index in [1.54, 1.807) is 60.7 Å². The van der Waals surface area contributed by atoms with Gasteiger partial charge in [0.2, 0.25) is 11.5 Å². The van der Waals surface area contributed by atoms with Crippen LogP contribution in [0.1, 0.15) is 16.2 Å². The maximum Gasteiger partial charge on any atom is 0.435 e. The first-order chi connectivity index (χ1) is 15.9. The molecule has 166 valence electrons. The van der Waals surface area contributed by atoms with Gasteiger partial charge in [0.1, 0.15) is 5.75 Å². The van der Waals surface area contributed by atoms with Crippen LogP contribution in [0.2, 0.25) is 0 Å². The van der Waals surface area contributed by atoms with E-state index in [9.17, 15) is 18.0 Å². The lowest BCUT2D eigenvalue weighted by atomic mass is 9.96. The molecule has 0 bridgehead atoms. The molecule has 0 saturated heterocycles. The van der Waals surface area contributed by atoms with Crippen molar-refractivity contribution in [1.82, 2.24) is 14.9 Å². The molecule has 2 heterocycles. The van der Waals surface area contributed by atoms with Crippen molar-refractivity contribution in [2.24, 2.45) is 0 Å². The fourth-order valence-electron chi connectivity index (χ4n) is 4.23. The Hall–Kier alpha value is -4.07.